The molecule has 120 valence electrons. The third-order valence-corrected chi connectivity index (χ3v) is 4.33. The summed E-state index contributed by atoms with van der Waals surface area (Å²) in [4.78, 5) is 13.8. The van der Waals surface area contributed by atoms with E-state index in [1.165, 1.54) is 0 Å². The van der Waals surface area contributed by atoms with Crippen LogP contribution in [-0.4, -0.2) is 30.4 Å². The van der Waals surface area contributed by atoms with Crippen LogP contribution in [0.1, 0.15) is 28.4 Å². The summed E-state index contributed by atoms with van der Waals surface area (Å²) in [5.41, 5.74) is 9.92. The van der Waals surface area contributed by atoms with Crippen LogP contribution in [0.5, 0.6) is 0 Å². The van der Waals surface area contributed by atoms with Crippen molar-refractivity contribution in [1.29, 1.82) is 0 Å². The minimum atomic E-state index is -0.228. The average molecular weight is 312 g/mol. The van der Waals surface area contributed by atoms with Gasteiger partial charge >= 0.3 is 0 Å². The van der Waals surface area contributed by atoms with Gasteiger partial charge in [0.2, 0.25) is 0 Å². The van der Waals surface area contributed by atoms with E-state index >= 15 is 0 Å². The first kappa shape index (κ1) is 15.7. The number of hydrogen-bond donors (Lipinski definition) is 1. The van der Waals surface area contributed by atoms with E-state index in [4.69, 9.17) is 5.73 Å². The second kappa shape index (κ2) is 6.13. The number of amides is 1. The highest BCUT2D eigenvalue weighted by molar-refractivity contribution is 5.97. The van der Waals surface area contributed by atoms with Crippen molar-refractivity contribution in [3.63, 3.8) is 0 Å². The van der Waals surface area contributed by atoms with Crippen LogP contribution in [0.3, 0.4) is 0 Å². The zero-order valence-corrected chi connectivity index (χ0v) is 13.5. The highest BCUT2D eigenvalue weighted by Gasteiger charge is 2.21. The van der Waals surface area contributed by atoms with E-state index in [0.717, 1.165) is 35.2 Å². The molecule has 23 heavy (non-hydrogen) atoms. The molecule has 1 amide bonds. The largest absolute Gasteiger partial charge is 0.341 e. The molecule has 4 heteroatoms. The molecule has 3 nitrogen and oxygen atoms in total. The van der Waals surface area contributed by atoms with Gasteiger partial charge in [0.15, 0.2) is 0 Å². The molecule has 0 unspecified atom stereocenters. The number of nitrogens with two attached hydrogens (primary N) is 1. The van der Waals surface area contributed by atoms with E-state index in [0.29, 0.717) is 12.0 Å². The quantitative estimate of drug-likeness (QED) is 0.947. The summed E-state index contributed by atoms with van der Waals surface area (Å²) in [6.45, 7) is 2.59. The molecule has 2 N–H and O–H groups in total. The Bertz CT molecular complexity index is 755. The highest BCUT2D eigenvalue weighted by atomic mass is 19.1. The zero-order valence-electron chi connectivity index (χ0n) is 13.5. The Balaban J connectivity index is 1.94. The molecule has 2 aromatic rings. The van der Waals surface area contributed by atoms with Crippen LogP contribution in [0.15, 0.2) is 36.4 Å². The summed E-state index contributed by atoms with van der Waals surface area (Å²) >= 11 is 0. The van der Waals surface area contributed by atoms with Gasteiger partial charge in [-0.15, -0.1) is 0 Å². The van der Waals surface area contributed by atoms with Crippen molar-refractivity contribution >= 4 is 5.91 Å². The zero-order chi connectivity index (χ0) is 16.6. The number of benzene rings is 2. The topological polar surface area (TPSA) is 46.3 Å². The van der Waals surface area contributed by atoms with Gasteiger partial charge in [0.1, 0.15) is 5.82 Å². The first-order valence-electron chi connectivity index (χ1n) is 7.88. The summed E-state index contributed by atoms with van der Waals surface area (Å²) < 4.78 is 14.2. The molecular formula is C19H21FN2O. The fraction of sp³-hybridized carbons (Fsp3) is 0.316. The van der Waals surface area contributed by atoms with Gasteiger partial charge in [0.05, 0.1) is 0 Å². The predicted molar refractivity (Wildman–Crippen MR) is 89.9 cm³/mol. The fourth-order valence-electron chi connectivity index (χ4n) is 3.02. The van der Waals surface area contributed by atoms with E-state index < -0.39 is 0 Å². The summed E-state index contributed by atoms with van der Waals surface area (Å²) in [5, 5.41) is 0. The Morgan fingerprint density at radius 3 is 2.61 bits per heavy atom. The Morgan fingerprint density at radius 1 is 1.22 bits per heavy atom. The lowest BCUT2D eigenvalue weighted by Crippen LogP contribution is -2.34. The summed E-state index contributed by atoms with van der Waals surface area (Å²) in [5.74, 6) is -0.176. The molecule has 3 rings (SSSR count). The van der Waals surface area contributed by atoms with Crippen LogP contribution >= 0.6 is 0 Å². The predicted octanol–water partition coefficient (Wildman–Crippen LogP) is 3.01. The molecule has 0 bridgehead atoms. The van der Waals surface area contributed by atoms with Crippen LogP contribution in [0.25, 0.3) is 11.1 Å². The van der Waals surface area contributed by atoms with Crippen LogP contribution < -0.4 is 5.73 Å². The molecule has 1 aliphatic heterocycles. The molecule has 0 aromatic heterocycles. The number of likely N-dealkylation sites (N-methyl/N-ethyl adjacent to an activating group) is 1. The second-order valence-corrected chi connectivity index (χ2v) is 6.34. The Morgan fingerprint density at radius 2 is 1.91 bits per heavy atom. The van der Waals surface area contributed by atoms with Crippen molar-refractivity contribution < 1.29 is 9.18 Å². The summed E-state index contributed by atoms with van der Waals surface area (Å²) in [7, 11) is 1.81. The van der Waals surface area contributed by atoms with Gasteiger partial charge < -0.3 is 10.6 Å². The third kappa shape index (κ3) is 3.13. The standard InChI is InChI=1S/C19H21FN2O/c1-12(21)9-16-4-3-14(11-18(16)20)13-5-6-17-15(10-13)7-8-22(2)19(17)23/h3-6,10-12H,7-9,21H2,1-2H3/t12-/m0/s1. The maximum absolute atomic E-state index is 14.2. The van der Waals surface area contributed by atoms with E-state index in [-0.39, 0.29) is 17.8 Å². The lowest BCUT2D eigenvalue weighted by Gasteiger charge is -2.25. The minimum absolute atomic E-state index is 0.0521. The van der Waals surface area contributed by atoms with Crippen molar-refractivity contribution in [1.82, 2.24) is 4.90 Å². The average Bonchev–Trinajstić information content (AvgIpc) is 2.52. The van der Waals surface area contributed by atoms with Gasteiger partial charge in [-0.05, 0) is 54.2 Å². The Hall–Kier alpha value is -2.20. The van der Waals surface area contributed by atoms with E-state index in [2.05, 4.69) is 0 Å². The molecule has 2 aromatic carbocycles. The van der Waals surface area contributed by atoms with Gasteiger partial charge in [-0.25, -0.2) is 4.39 Å². The third-order valence-electron chi connectivity index (χ3n) is 4.33. The van der Waals surface area contributed by atoms with Crippen LogP contribution in [0, 0.1) is 5.82 Å². The molecule has 0 fully saturated rings. The molecule has 1 aliphatic rings. The van der Waals surface area contributed by atoms with Crippen molar-refractivity contribution in [3.8, 4) is 11.1 Å². The molecule has 0 saturated heterocycles. The van der Waals surface area contributed by atoms with Crippen molar-refractivity contribution in [2.75, 3.05) is 13.6 Å². The number of carbonyl (C=O) groups is 1. The SMILES string of the molecule is C[C@H](N)Cc1ccc(-c2ccc3c(c2)CCN(C)C3=O)cc1F. The first-order valence-corrected chi connectivity index (χ1v) is 7.88. The van der Waals surface area contributed by atoms with Gasteiger partial charge in [0.25, 0.3) is 5.91 Å². The second-order valence-electron chi connectivity index (χ2n) is 6.34. The molecule has 0 saturated carbocycles. The number of rotatable bonds is 3. The van der Waals surface area contributed by atoms with E-state index in [1.807, 2.05) is 38.2 Å². The lowest BCUT2D eigenvalue weighted by atomic mass is 9.93. The molecule has 0 radical (unpaired) electrons. The molecular weight excluding hydrogens is 291 g/mol. The van der Waals surface area contributed by atoms with Crippen molar-refractivity contribution in [2.24, 2.45) is 5.73 Å². The number of halogens is 1. The van der Waals surface area contributed by atoms with E-state index in [1.54, 1.807) is 17.0 Å². The lowest BCUT2D eigenvalue weighted by molar-refractivity contribution is 0.0781. The molecule has 1 heterocycles. The van der Waals surface area contributed by atoms with Gasteiger partial charge in [-0.2, -0.15) is 0 Å². The number of fused-ring (bicyclic) bond motifs is 1. The number of carbonyl (C=O) groups excluding carboxylic acids is 1. The maximum atomic E-state index is 14.2. The van der Waals surface area contributed by atoms with E-state index in [9.17, 15) is 9.18 Å². The monoisotopic (exact) mass is 312 g/mol. The normalized spacial score (nSPS) is 15.5. The summed E-state index contributed by atoms with van der Waals surface area (Å²) in [6, 6.07) is 10.9. The van der Waals surface area contributed by atoms with Gasteiger partial charge in [0, 0.05) is 25.2 Å². The van der Waals surface area contributed by atoms with Gasteiger partial charge in [-0.3, -0.25) is 4.79 Å². The fourth-order valence-corrected chi connectivity index (χ4v) is 3.02. The summed E-state index contributed by atoms with van der Waals surface area (Å²) in [6.07, 6.45) is 1.35. The van der Waals surface area contributed by atoms with Crippen LogP contribution in [-0.2, 0) is 12.8 Å². The Kier molecular flexibility index (Phi) is 4.18. The van der Waals surface area contributed by atoms with Crippen LogP contribution in [0.2, 0.25) is 0 Å². The smallest absolute Gasteiger partial charge is 0.253 e. The molecule has 0 spiro atoms. The highest BCUT2D eigenvalue weighted by Crippen LogP contribution is 2.27. The molecule has 1 atom stereocenters. The van der Waals surface area contributed by atoms with Crippen molar-refractivity contribution in [3.05, 3.63) is 58.9 Å². The molecule has 0 aliphatic carbocycles. The number of nitrogens with zero attached hydrogens (tertiary/aromatic N) is 1. The number of hydrogen-bond acceptors (Lipinski definition) is 2. The van der Waals surface area contributed by atoms with Gasteiger partial charge in [-0.1, -0.05) is 24.3 Å². The van der Waals surface area contributed by atoms with Crippen LogP contribution in [0.4, 0.5) is 4.39 Å². The maximum Gasteiger partial charge on any atom is 0.253 e. The van der Waals surface area contributed by atoms with Crippen molar-refractivity contribution in [2.45, 2.75) is 25.8 Å². The first-order chi connectivity index (χ1) is 11.0. The Labute approximate surface area is 135 Å². The minimum Gasteiger partial charge on any atom is -0.341 e.